The number of phenolic OH excluding ortho intramolecular Hbond substituents is 1. The highest BCUT2D eigenvalue weighted by atomic mass is 32.1. The lowest BCUT2D eigenvalue weighted by Gasteiger charge is -2.29. The second-order valence-corrected chi connectivity index (χ2v) is 12.5. The molecule has 2 fully saturated rings. The SMILES string of the molecule is Cc1csc(C(=O)NC2CCC(NC(=O)c3cc(F)cnc3Oc3cccc(-c4ccc(O)cc4CN4CCOCC4)c3)CC2)n1. The van der Waals surface area contributed by atoms with Gasteiger partial charge in [-0.1, -0.05) is 18.2 Å². The van der Waals surface area contributed by atoms with Gasteiger partial charge >= 0.3 is 0 Å². The fourth-order valence-electron chi connectivity index (χ4n) is 5.85. The number of ether oxygens (including phenoxy) is 2. The maximum absolute atomic E-state index is 14.3. The van der Waals surface area contributed by atoms with Crippen LogP contribution in [0.25, 0.3) is 11.1 Å². The Bertz CT molecular complexity index is 1700. The largest absolute Gasteiger partial charge is 0.508 e. The van der Waals surface area contributed by atoms with E-state index in [0.717, 1.165) is 47.7 Å². The highest BCUT2D eigenvalue weighted by Crippen LogP contribution is 2.33. The summed E-state index contributed by atoms with van der Waals surface area (Å²) < 4.78 is 25.9. The summed E-state index contributed by atoms with van der Waals surface area (Å²) in [4.78, 5) is 36.5. The number of thiazole rings is 1. The molecular formula is C34H36FN5O5S. The monoisotopic (exact) mass is 645 g/mol. The van der Waals surface area contributed by atoms with Crippen LogP contribution in [0.3, 0.4) is 0 Å². The summed E-state index contributed by atoms with van der Waals surface area (Å²) in [7, 11) is 0. The summed E-state index contributed by atoms with van der Waals surface area (Å²) in [5.41, 5.74) is 3.58. The number of rotatable bonds is 9. The van der Waals surface area contributed by atoms with Gasteiger partial charge in [0.25, 0.3) is 11.8 Å². The van der Waals surface area contributed by atoms with Crippen LogP contribution in [0.2, 0.25) is 0 Å². The highest BCUT2D eigenvalue weighted by Gasteiger charge is 2.26. The van der Waals surface area contributed by atoms with Gasteiger partial charge in [0.05, 0.1) is 19.4 Å². The van der Waals surface area contributed by atoms with E-state index in [9.17, 15) is 19.1 Å². The molecule has 2 aromatic heterocycles. The summed E-state index contributed by atoms with van der Waals surface area (Å²) in [6.07, 6.45) is 3.74. The number of phenols is 1. The first kappa shape index (κ1) is 31.6. The molecule has 12 heteroatoms. The molecule has 2 amide bonds. The van der Waals surface area contributed by atoms with E-state index in [2.05, 4.69) is 25.5 Å². The van der Waals surface area contributed by atoms with Crippen LogP contribution in [-0.2, 0) is 11.3 Å². The van der Waals surface area contributed by atoms with Crippen LogP contribution in [-0.4, -0.2) is 70.2 Å². The molecule has 1 aliphatic carbocycles. The number of nitrogens with one attached hydrogen (secondary N) is 2. The lowest BCUT2D eigenvalue weighted by molar-refractivity contribution is 0.0342. The van der Waals surface area contributed by atoms with Gasteiger partial charge in [-0.25, -0.2) is 14.4 Å². The number of morpholine rings is 1. The zero-order valence-electron chi connectivity index (χ0n) is 25.5. The van der Waals surface area contributed by atoms with Gasteiger partial charge in [-0.05, 0) is 79.6 Å². The van der Waals surface area contributed by atoms with Crippen LogP contribution in [0.4, 0.5) is 4.39 Å². The van der Waals surface area contributed by atoms with Crippen LogP contribution in [0.1, 0.15) is 57.1 Å². The van der Waals surface area contributed by atoms with E-state index in [1.165, 1.54) is 11.3 Å². The summed E-state index contributed by atoms with van der Waals surface area (Å²) in [6.45, 7) is 5.47. The molecule has 6 rings (SSSR count). The van der Waals surface area contributed by atoms with Crippen molar-refractivity contribution in [3.05, 3.63) is 87.8 Å². The van der Waals surface area contributed by atoms with E-state index in [1.807, 2.05) is 36.6 Å². The number of hydrogen-bond donors (Lipinski definition) is 3. The second kappa shape index (κ2) is 14.4. The normalized spacial score (nSPS) is 18.6. The van der Waals surface area contributed by atoms with Crippen molar-refractivity contribution in [2.75, 3.05) is 26.3 Å². The molecule has 0 spiro atoms. The Balaban J connectivity index is 1.12. The summed E-state index contributed by atoms with van der Waals surface area (Å²) >= 11 is 1.32. The Morgan fingerprint density at radius 1 is 1.04 bits per heavy atom. The zero-order chi connectivity index (χ0) is 32.0. The van der Waals surface area contributed by atoms with Gasteiger partial charge in [-0.2, -0.15) is 0 Å². The van der Waals surface area contributed by atoms with E-state index in [1.54, 1.807) is 18.2 Å². The molecule has 2 aromatic carbocycles. The molecule has 3 heterocycles. The molecule has 0 atom stereocenters. The summed E-state index contributed by atoms with van der Waals surface area (Å²) in [6, 6.07) is 13.7. The summed E-state index contributed by atoms with van der Waals surface area (Å²) in [5.74, 6) is -0.685. The van der Waals surface area contributed by atoms with Crippen LogP contribution < -0.4 is 15.4 Å². The Morgan fingerprint density at radius 2 is 1.78 bits per heavy atom. The first-order valence-electron chi connectivity index (χ1n) is 15.4. The molecule has 1 saturated carbocycles. The molecule has 0 bridgehead atoms. The highest BCUT2D eigenvalue weighted by molar-refractivity contribution is 7.11. The van der Waals surface area contributed by atoms with Crippen molar-refractivity contribution < 1.29 is 28.6 Å². The predicted octanol–water partition coefficient (Wildman–Crippen LogP) is 5.45. The zero-order valence-corrected chi connectivity index (χ0v) is 26.3. The van der Waals surface area contributed by atoms with E-state index in [4.69, 9.17) is 9.47 Å². The number of halogens is 1. The number of carbonyl (C=O) groups is 2. The van der Waals surface area contributed by atoms with E-state index in [-0.39, 0.29) is 35.2 Å². The first-order valence-corrected chi connectivity index (χ1v) is 16.3. The van der Waals surface area contributed by atoms with Crippen molar-refractivity contribution in [1.82, 2.24) is 25.5 Å². The second-order valence-electron chi connectivity index (χ2n) is 11.7. The number of pyridine rings is 1. The summed E-state index contributed by atoms with van der Waals surface area (Å²) in [5, 5.41) is 18.5. The number of aromatic nitrogens is 2. The molecule has 1 aliphatic heterocycles. The van der Waals surface area contributed by atoms with Gasteiger partial charge in [-0.3, -0.25) is 14.5 Å². The number of carbonyl (C=O) groups excluding carboxylic acids is 2. The predicted molar refractivity (Wildman–Crippen MR) is 172 cm³/mol. The van der Waals surface area contributed by atoms with Crippen LogP contribution in [0.15, 0.2) is 60.1 Å². The molecule has 240 valence electrons. The van der Waals surface area contributed by atoms with Gasteiger partial charge < -0.3 is 25.2 Å². The van der Waals surface area contributed by atoms with Crippen LogP contribution >= 0.6 is 11.3 Å². The van der Waals surface area contributed by atoms with E-state index < -0.39 is 11.7 Å². The third-order valence-electron chi connectivity index (χ3n) is 8.22. The number of aryl methyl sites for hydroxylation is 1. The minimum absolute atomic E-state index is 0.00221. The Morgan fingerprint density at radius 3 is 2.50 bits per heavy atom. The standard InChI is InChI=1S/C34H36FN5O5S/c1-21-20-46-34(37-21)32(43)39-26-7-5-25(6-8-26)38-31(42)30-17-24(35)18-36-33(30)45-28-4-2-3-22(16-28)29-10-9-27(41)15-23(29)19-40-11-13-44-14-12-40/h2-4,9-10,15-18,20,25-26,41H,5-8,11-14,19H2,1H3,(H,38,42)(H,39,43). The minimum Gasteiger partial charge on any atom is -0.508 e. The lowest BCUT2D eigenvalue weighted by atomic mass is 9.91. The Labute approximate surface area is 270 Å². The van der Waals surface area contributed by atoms with E-state index >= 15 is 0 Å². The van der Waals surface area contributed by atoms with Gasteiger partial charge in [-0.15, -0.1) is 11.3 Å². The molecule has 46 heavy (non-hydrogen) atoms. The molecule has 0 radical (unpaired) electrons. The minimum atomic E-state index is -0.646. The topological polar surface area (TPSA) is 126 Å². The third kappa shape index (κ3) is 7.87. The Hall–Kier alpha value is -4.39. The van der Waals surface area contributed by atoms with Crippen molar-refractivity contribution >= 4 is 23.2 Å². The van der Waals surface area contributed by atoms with Crippen molar-refractivity contribution in [3.63, 3.8) is 0 Å². The molecule has 1 saturated heterocycles. The molecule has 4 aromatic rings. The average molecular weight is 646 g/mol. The average Bonchev–Trinajstić information content (AvgIpc) is 3.50. The van der Waals surface area contributed by atoms with Crippen molar-refractivity contribution in [3.8, 4) is 28.5 Å². The maximum atomic E-state index is 14.3. The molecule has 2 aliphatic rings. The fraction of sp³-hybridized carbons (Fsp3) is 0.353. The number of hydrogen-bond acceptors (Lipinski definition) is 9. The van der Waals surface area contributed by atoms with Crippen LogP contribution in [0, 0.1) is 12.7 Å². The maximum Gasteiger partial charge on any atom is 0.280 e. The van der Waals surface area contributed by atoms with Crippen LogP contribution in [0.5, 0.6) is 17.4 Å². The van der Waals surface area contributed by atoms with Gasteiger partial charge in [0, 0.05) is 42.8 Å². The number of benzene rings is 2. The molecule has 0 unspecified atom stereocenters. The molecule has 10 nitrogen and oxygen atoms in total. The number of aromatic hydroxyl groups is 1. The fourth-order valence-corrected chi connectivity index (χ4v) is 6.55. The third-order valence-corrected chi connectivity index (χ3v) is 9.18. The Kier molecular flexibility index (Phi) is 9.86. The van der Waals surface area contributed by atoms with Gasteiger partial charge in [0.2, 0.25) is 5.88 Å². The molecular weight excluding hydrogens is 609 g/mol. The first-order chi connectivity index (χ1) is 22.3. The van der Waals surface area contributed by atoms with E-state index in [0.29, 0.717) is 56.2 Å². The van der Waals surface area contributed by atoms with Gasteiger partial charge in [0.1, 0.15) is 22.9 Å². The van der Waals surface area contributed by atoms with Crippen molar-refractivity contribution in [2.24, 2.45) is 0 Å². The smallest absolute Gasteiger partial charge is 0.280 e. The van der Waals surface area contributed by atoms with Crippen molar-refractivity contribution in [1.29, 1.82) is 0 Å². The quantitative estimate of drug-likeness (QED) is 0.219. The number of amides is 2. The molecule has 3 N–H and O–H groups in total. The lowest BCUT2D eigenvalue weighted by Crippen LogP contribution is -2.43. The van der Waals surface area contributed by atoms with Gasteiger partial charge in [0.15, 0.2) is 5.01 Å². The van der Waals surface area contributed by atoms with Crippen molar-refractivity contribution in [2.45, 2.75) is 51.2 Å². The number of nitrogens with zero attached hydrogens (tertiary/aromatic N) is 3.